The van der Waals surface area contributed by atoms with Crippen molar-refractivity contribution in [2.75, 3.05) is 33.5 Å². The third kappa shape index (κ3) is 10.3. The molecule has 0 unspecified atom stereocenters. The summed E-state index contributed by atoms with van der Waals surface area (Å²) < 4.78 is 43.5. The molecule has 0 saturated carbocycles. The lowest BCUT2D eigenvalue weighted by Gasteiger charge is -2.35. The first kappa shape index (κ1) is 36.9. The van der Waals surface area contributed by atoms with Crippen LogP contribution in [0.4, 0.5) is 0 Å². The molecule has 0 bridgehead atoms. The second-order valence-electron chi connectivity index (χ2n) is 12.2. The molecule has 262 valence electrons. The fourth-order valence-electron chi connectivity index (χ4n) is 5.48. The van der Waals surface area contributed by atoms with Gasteiger partial charge in [0.15, 0.2) is 23.7 Å². The van der Waals surface area contributed by atoms with Crippen molar-refractivity contribution in [3.63, 3.8) is 0 Å². The molecule has 0 radical (unpaired) electrons. The number of esters is 1. The minimum atomic E-state index is -0.884. The number of unbranched alkanes of at least 4 members (excludes halogenated alkanes) is 4. The van der Waals surface area contributed by atoms with Gasteiger partial charge < -0.3 is 33.2 Å². The van der Waals surface area contributed by atoms with Gasteiger partial charge >= 0.3 is 5.97 Å². The molecule has 0 spiro atoms. The lowest BCUT2D eigenvalue weighted by molar-refractivity contribution is -0.167. The van der Waals surface area contributed by atoms with E-state index in [2.05, 4.69) is 27.7 Å². The van der Waals surface area contributed by atoms with E-state index in [0.29, 0.717) is 61.6 Å². The van der Waals surface area contributed by atoms with E-state index in [1.54, 1.807) is 0 Å². The second kappa shape index (κ2) is 19.8. The number of ether oxygens (including phenoxy) is 7. The highest BCUT2D eigenvalue weighted by atomic mass is 16.6. The van der Waals surface area contributed by atoms with Crippen molar-refractivity contribution >= 4 is 5.97 Å². The highest BCUT2D eigenvalue weighted by molar-refractivity contribution is 5.77. The van der Waals surface area contributed by atoms with E-state index in [9.17, 15) is 4.79 Å². The molecule has 1 aliphatic heterocycles. The van der Waals surface area contributed by atoms with Crippen molar-refractivity contribution in [3.8, 4) is 28.7 Å². The molecule has 0 aliphatic carbocycles. The van der Waals surface area contributed by atoms with E-state index in [4.69, 9.17) is 33.2 Å². The maximum absolute atomic E-state index is 13.8. The maximum atomic E-state index is 13.8. The molecular weight excluding hydrogens is 608 g/mol. The van der Waals surface area contributed by atoms with Crippen molar-refractivity contribution in [3.05, 3.63) is 77.4 Å². The quantitative estimate of drug-likeness (QED) is 0.0825. The van der Waals surface area contributed by atoms with Gasteiger partial charge in [0, 0.05) is 36.8 Å². The van der Waals surface area contributed by atoms with E-state index < -0.39 is 24.3 Å². The van der Waals surface area contributed by atoms with E-state index >= 15 is 0 Å². The normalized spacial score (nSPS) is 15.9. The first-order valence-corrected chi connectivity index (χ1v) is 17.8. The van der Waals surface area contributed by atoms with Crippen LogP contribution in [0.3, 0.4) is 0 Å². The third-order valence-corrected chi connectivity index (χ3v) is 8.29. The monoisotopic (exact) mass is 662 g/mol. The molecule has 48 heavy (non-hydrogen) atoms. The Hall–Kier alpha value is -3.91. The average Bonchev–Trinajstić information content (AvgIpc) is 3.10. The van der Waals surface area contributed by atoms with Gasteiger partial charge in [-0.05, 0) is 43.4 Å². The number of fused-ring (bicyclic) bond motifs is 1. The first-order chi connectivity index (χ1) is 23.5. The zero-order chi connectivity index (χ0) is 34.1. The molecule has 3 aromatic rings. The summed E-state index contributed by atoms with van der Waals surface area (Å²) in [4.78, 5) is 13.8. The van der Waals surface area contributed by atoms with E-state index in [0.717, 1.165) is 68.1 Å². The lowest BCUT2D eigenvalue weighted by Crippen LogP contribution is -2.36. The van der Waals surface area contributed by atoms with Gasteiger partial charge in [-0.1, -0.05) is 89.8 Å². The molecule has 8 nitrogen and oxygen atoms in total. The molecule has 0 N–H and O–H groups in total. The smallest absolute Gasteiger partial charge is 0.340 e. The van der Waals surface area contributed by atoms with Gasteiger partial charge in [0.1, 0.15) is 23.4 Å². The fourth-order valence-corrected chi connectivity index (χ4v) is 5.48. The van der Waals surface area contributed by atoms with Gasteiger partial charge in [-0.2, -0.15) is 0 Å². The van der Waals surface area contributed by atoms with Gasteiger partial charge in [-0.25, -0.2) is 4.79 Å². The largest absolute Gasteiger partial charge is 0.493 e. The Morgan fingerprint density at radius 1 is 0.729 bits per heavy atom. The molecule has 1 aliphatic rings. The van der Waals surface area contributed by atoms with Crippen LogP contribution in [0, 0.1) is 0 Å². The molecule has 1 heterocycles. The van der Waals surface area contributed by atoms with Crippen LogP contribution >= 0.6 is 0 Å². The number of hydrogen-bond acceptors (Lipinski definition) is 8. The van der Waals surface area contributed by atoms with Gasteiger partial charge in [-0.15, -0.1) is 0 Å². The molecule has 8 heteroatoms. The Labute approximate surface area is 287 Å². The fraction of sp³-hybridized carbons (Fsp3) is 0.525. The first-order valence-electron chi connectivity index (χ1n) is 17.8. The number of rotatable bonds is 21. The summed E-state index contributed by atoms with van der Waals surface area (Å²) >= 11 is 0. The summed E-state index contributed by atoms with van der Waals surface area (Å²) in [6.45, 7) is 10.9. The summed E-state index contributed by atoms with van der Waals surface area (Å²) in [5.41, 5.74) is 2.37. The third-order valence-electron chi connectivity index (χ3n) is 8.29. The van der Waals surface area contributed by atoms with Gasteiger partial charge in [0.05, 0.1) is 26.4 Å². The summed E-state index contributed by atoms with van der Waals surface area (Å²) in [6.07, 6.45) is 6.00. The predicted molar refractivity (Wildman–Crippen MR) is 188 cm³/mol. The molecular formula is C40H54O8. The number of hydrogen-bond donors (Lipinski definition) is 0. The number of carbonyl (C=O) groups is 1. The van der Waals surface area contributed by atoms with Gasteiger partial charge in [0.2, 0.25) is 0 Å². The van der Waals surface area contributed by atoms with Gasteiger partial charge in [0.25, 0.3) is 0 Å². The Bertz CT molecular complexity index is 1390. The lowest BCUT2D eigenvalue weighted by atomic mass is 9.93. The van der Waals surface area contributed by atoms with Crippen LogP contribution in [0.25, 0.3) is 0 Å². The zero-order valence-electron chi connectivity index (χ0n) is 29.5. The van der Waals surface area contributed by atoms with E-state index in [1.165, 1.54) is 7.11 Å². The Morgan fingerprint density at radius 2 is 1.33 bits per heavy atom. The highest BCUT2D eigenvalue weighted by Crippen LogP contribution is 2.45. The standard InChI is InChI=1S/C40H54O8/c1-6-10-21-43-31-26-34(45-23-12-8-3)32-28-37(48-40(41)39(42-5)29-17-15-14-16-18-29)38(47-35(32)27-31)30-19-20-33(44-22-11-7-2)36(25-30)46-24-13-9-4/h14-20,25-27,37-39H,6-13,21-24,28H2,1-5H3/t37-,38-,39+/m1/s1. The molecule has 0 amide bonds. The van der Waals surface area contributed by atoms with E-state index in [-0.39, 0.29) is 0 Å². The molecule has 0 saturated heterocycles. The van der Waals surface area contributed by atoms with Crippen LogP contribution in [-0.2, 0) is 20.7 Å². The maximum Gasteiger partial charge on any atom is 0.340 e. The van der Waals surface area contributed by atoms with Crippen LogP contribution in [-0.4, -0.2) is 45.6 Å². The minimum absolute atomic E-state index is 0.383. The zero-order valence-corrected chi connectivity index (χ0v) is 29.5. The molecule has 4 rings (SSSR count). The van der Waals surface area contributed by atoms with Crippen LogP contribution < -0.4 is 23.7 Å². The van der Waals surface area contributed by atoms with Crippen LogP contribution in [0.1, 0.15) is 108 Å². The molecule has 0 fully saturated rings. The summed E-state index contributed by atoms with van der Waals surface area (Å²) in [7, 11) is 1.51. The SMILES string of the molecule is CCCCOc1cc(OCCCC)c2c(c1)O[C@H](c1ccc(OCCCC)c(OCCCC)c1)[C@H](OC(=O)[C@@H](OC)c1ccccc1)C2. The minimum Gasteiger partial charge on any atom is -0.493 e. The topological polar surface area (TPSA) is 81.7 Å². The number of methoxy groups -OCH3 is 1. The number of carbonyl (C=O) groups excluding carboxylic acids is 1. The van der Waals surface area contributed by atoms with Crippen molar-refractivity contribution in [1.29, 1.82) is 0 Å². The van der Waals surface area contributed by atoms with Crippen molar-refractivity contribution in [2.24, 2.45) is 0 Å². The summed E-state index contributed by atoms with van der Waals surface area (Å²) in [6, 6.07) is 19.1. The molecule has 0 aromatic heterocycles. The van der Waals surface area contributed by atoms with Crippen molar-refractivity contribution in [2.45, 2.75) is 104 Å². The van der Waals surface area contributed by atoms with Crippen LogP contribution in [0.5, 0.6) is 28.7 Å². The Balaban J connectivity index is 1.74. The Morgan fingerprint density at radius 3 is 1.96 bits per heavy atom. The van der Waals surface area contributed by atoms with Crippen molar-refractivity contribution < 1.29 is 38.0 Å². The number of benzene rings is 3. The average molecular weight is 663 g/mol. The van der Waals surface area contributed by atoms with Crippen LogP contribution in [0.15, 0.2) is 60.7 Å². The summed E-state index contributed by atoms with van der Waals surface area (Å²) in [5, 5.41) is 0. The molecule has 3 aromatic carbocycles. The summed E-state index contributed by atoms with van der Waals surface area (Å²) in [5.74, 6) is 2.87. The van der Waals surface area contributed by atoms with Crippen molar-refractivity contribution in [1.82, 2.24) is 0 Å². The van der Waals surface area contributed by atoms with Gasteiger partial charge in [-0.3, -0.25) is 0 Å². The predicted octanol–water partition coefficient (Wildman–Crippen LogP) is 9.38. The van der Waals surface area contributed by atoms with Crippen LogP contribution in [0.2, 0.25) is 0 Å². The van der Waals surface area contributed by atoms with E-state index in [1.807, 2.05) is 60.7 Å². The highest BCUT2D eigenvalue weighted by Gasteiger charge is 2.38. The molecule has 3 atom stereocenters. The second-order valence-corrected chi connectivity index (χ2v) is 12.2. The Kier molecular flexibility index (Phi) is 15.2.